The Morgan fingerprint density at radius 3 is 2.39 bits per heavy atom. The Labute approximate surface area is 165 Å². The van der Waals surface area contributed by atoms with E-state index in [0.717, 1.165) is 22.3 Å². The Morgan fingerprint density at radius 1 is 1.18 bits per heavy atom. The van der Waals surface area contributed by atoms with E-state index in [1.165, 1.54) is 7.11 Å². The van der Waals surface area contributed by atoms with Gasteiger partial charge in [-0.15, -0.1) is 0 Å². The van der Waals surface area contributed by atoms with Gasteiger partial charge in [0, 0.05) is 5.56 Å². The lowest BCUT2D eigenvalue weighted by atomic mass is 9.80. The van der Waals surface area contributed by atoms with Crippen LogP contribution in [0.4, 0.5) is 0 Å². The van der Waals surface area contributed by atoms with Crippen molar-refractivity contribution < 1.29 is 23.1 Å². The molecule has 2 aromatic rings. The SMILES string of the molecule is COc1cc2c(cc1/C(C)=C/c1ccc(C(=O)O)cc1)C(C)(C)CCS2(=O)=O. The van der Waals surface area contributed by atoms with Gasteiger partial charge in [-0.3, -0.25) is 0 Å². The average molecular weight is 400 g/mol. The molecular weight excluding hydrogens is 376 g/mol. The number of fused-ring (bicyclic) bond motifs is 1. The number of carboxylic acids is 1. The van der Waals surface area contributed by atoms with Crippen LogP contribution in [0.5, 0.6) is 5.75 Å². The predicted octanol–water partition coefficient (Wildman–Crippen LogP) is 4.41. The molecule has 0 saturated heterocycles. The molecule has 1 heterocycles. The van der Waals surface area contributed by atoms with Crippen LogP contribution in [0, 0.1) is 0 Å². The van der Waals surface area contributed by atoms with Crippen molar-refractivity contribution in [1.29, 1.82) is 0 Å². The molecule has 2 aromatic carbocycles. The van der Waals surface area contributed by atoms with Gasteiger partial charge in [-0.1, -0.05) is 32.1 Å². The Kier molecular flexibility index (Phi) is 5.10. The van der Waals surface area contributed by atoms with E-state index in [-0.39, 0.29) is 16.7 Å². The van der Waals surface area contributed by atoms with E-state index in [2.05, 4.69) is 13.8 Å². The van der Waals surface area contributed by atoms with E-state index >= 15 is 0 Å². The van der Waals surface area contributed by atoms with Crippen molar-refractivity contribution in [3.63, 3.8) is 0 Å². The Hall–Kier alpha value is -2.60. The van der Waals surface area contributed by atoms with Crippen LogP contribution in [0.2, 0.25) is 0 Å². The molecule has 0 unspecified atom stereocenters. The van der Waals surface area contributed by atoms with Crippen LogP contribution in [0.15, 0.2) is 41.3 Å². The third-order valence-corrected chi connectivity index (χ3v) is 7.08. The van der Waals surface area contributed by atoms with Gasteiger partial charge in [0.05, 0.1) is 23.3 Å². The molecular formula is C22H24O5S. The highest BCUT2D eigenvalue weighted by Gasteiger charge is 2.36. The fourth-order valence-corrected chi connectivity index (χ4v) is 5.46. The van der Waals surface area contributed by atoms with E-state index in [4.69, 9.17) is 9.84 Å². The zero-order valence-electron chi connectivity index (χ0n) is 16.4. The zero-order valence-corrected chi connectivity index (χ0v) is 17.3. The smallest absolute Gasteiger partial charge is 0.335 e. The number of carbonyl (C=O) groups is 1. The summed E-state index contributed by atoms with van der Waals surface area (Å²) in [6.45, 7) is 6.04. The maximum absolute atomic E-state index is 12.6. The summed E-state index contributed by atoms with van der Waals surface area (Å²) in [5, 5.41) is 9.03. The number of aromatic carboxylic acids is 1. The fraction of sp³-hybridized carbons (Fsp3) is 0.318. The number of allylic oxidation sites excluding steroid dienone is 1. The second-order valence-electron chi connectivity index (χ2n) is 7.76. The Morgan fingerprint density at radius 2 is 1.82 bits per heavy atom. The molecule has 0 spiro atoms. The topological polar surface area (TPSA) is 80.7 Å². The van der Waals surface area contributed by atoms with E-state index < -0.39 is 15.8 Å². The molecule has 0 saturated carbocycles. The zero-order chi connectivity index (χ0) is 20.7. The van der Waals surface area contributed by atoms with Crippen LogP contribution in [0.3, 0.4) is 0 Å². The molecule has 6 heteroatoms. The molecule has 0 radical (unpaired) electrons. The predicted molar refractivity (Wildman–Crippen MR) is 110 cm³/mol. The molecule has 1 aliphatic heterocycles. The number of carboxylic acid groups (broad SMARTS) is 1. The van der Waals surface area contributed by atoms with Gasteiger partial charge in [0.25, 0.3) is 0 Å². The van der Waals surface area contributed by atoms with Gasteiger partial charge in [-0.05, 0) is 59.7 Å². The number of rotatable bonds is 4. The summed E-state index contributed by atoms with van der Waals surface area (Å²) in [5.74, 6) is -0.316. The van der Waals surface area contributed by atoms with Gasteiger partial charge in [-0.2, -0.15) is 0 Å². The molecule has 1 aliphatic rings. The summed E-state index contributed by atoms with van der Waals surface area (Å²) in [6.07, 6.45) is 2.51. The van der Waals surface area contributed by atoms with Crippen LogP contribution in [-0.2, 0) is 15.3 Å². The van der Waals surface area contributed by atoms with Crippen molar-refractivity contribution in [2.45, 2.75) is 37.5 Å². The second kappa shape index (κ2) is 7.09. The Bertz CT molecular complexity index is 1060. The molecule has 0 bridgehead atoms. The summed E-state index contributed by atoms with van der Waals surface area (Å²) in [5.41, 5.74) is 3.38. The van der Waals surface area contributed by atoms with E-state index in [1.54, 1.807) is 30.3 Å². The highest BCUT2D eigenvalue weighted by Crippen LogP contribution is 2.43. The first-order chi connectivity index (χ1) is 13.0. The van der Waals surface area contributed by atoms with Gasteiger partial charge in [-0.25, -0.2) is 13.2 Å². The number of sulfone groups is 1. The summed E-state index contributed by atoms with van der Waals surface area (Å²) < 4.78 is 30.6. The standard InChI is InChI=1S/C22H24O5S/c1-14(11-15-5-7-16(8-6-15)21(23)24)17-12-18-20(13-19(17)27-4)28(25,26)10-9-22(18,2)3/h5-8,11-13H,9-10H2,1-4H3,(H,23,24)/b14-11+. The molecule has 3 rings (SSSR count). The van der Waals surface area contributed by atoms with Crippen molar-refractivity contribution in [3.05, 3.63) is 58.7 Å². The lowest BCUT2D eigenvalue weighted by Crippen LogP contribution is -2.30. The highest BCUT2D eigenvalue weighted by atomic mass is 32.2. The minimum atomic E-state index is -3.32. The molecule has 1 N–H and O–H groups in total. The summed E-state index contributed by atoms with van der Waals surface area (Å²) in [7, 11) is -1.79. The first-order valence-electron chi connectivity index (χ1n) is 9.02. The maximum Gasteiger partial charge on any atom is 0.335 e. The molecule has 148 valence electrons. The van der Waals surface area contributed by atoms with Gasteiger partial charge >= 0.3 is 5.97 Å². The molecule has 5 nitrogen and oxygen atoms in total. The van der Waals surface area contributed by atoms with Gasteiger partial charge in [0.1, 0.15) is 5.75 Å². The van der Waals surface area contributed by atoms with Crippen LogP contribution < -0.4 is 4.74 Å². The van der Waals surface area contributed by atoms with Crippen molar-refractivity contribution in [2.75, 3.05) is 12.9 Å². The third-order valence-electron chi connectivity index (χ3n) is 5.33. The lowest BCUT2D eigenvalue weighted by molar-refractivity contribution is 0.0697. The number of methoxy groups -OCH3 is 1. The van der Waals surface area contributed by atoms with Crippen molar-refractivity contribution in [2.24, 2.45) is 0 Å². The van der Waals surface area contributed by atoms with Crippen molar-refractivity contribution in [1.82, 2.24) is 0 Å². The first kappa shape index (κ1) is 20.1. The molecule has 0 aromatic heterocycles. The number of benzene rings is 2. The van der Waals surface area contributed by atoms with Crippen LogP contribution in [0.1, 0.15) is 54.2 Å². The van der Waals surface area contributed by atoms with E-state index in [0.29, 0.717) is 17.1 Å². The minimum absolute atomic E-state index is 0.139. The van der Waals surface area contributed by atoms with Crippen molar-refractivity contribution >= 4 is 27.5 Å². The third kappa shape index (κ3) is 3.69. The molecule has 0 amide bonds. The minimum Gasteiger partial charge on any atom is -0.496 e. The highest BCUT2D eigenvalue weighted by molar-refractivity contribution is 7.91. The summed E-state index contributed by atoms with van der Waals surface area (Å²) in [6, 6.07) is 10.1. The van der Waals surface area contributed by atoms with E-state index in [1.807, 2.05) is 19.1 Å². The molecule has 0 aliphatic carbocycles. The van der Waals surface area contributed by atoms with Crippen LogP contribution in [-0.4, -0.2) is 32.4 Å². The fourth-order valence-electron chi connectivity index (χ4n) is 3.51. The van der Waals surface area contributed by atoms with Crippen LogP contribution in [0.25, 0.3) is 11.6 Å². The summed E-state index contributed by atoms with van der Waals surface area (Å²) >= 11 is 0. The first-order valence-corrected chi connectivity index (χ1v) is 10.7. The van der Waals surface area contributed by atoms with Crippen LogP contribution >= 0.6 is 0 Å². The average Bonchev–Trinajstić information content (AvgIpc) is 2.65. The lowest BCUT2D eigenvalue weighted by Gasteiger charge is -2.33. The largest absolute Gasteiger partial charge is 0.496 e. The van der Waals surface area contributed by atoms with E-state index in [9.17, 15) is 13.2 Å². The molecule has 0 atom stereocenters. The number of hydrogen-bond donors (Lipinski definition) is 1. The summed E-state index contributed by atoms with van der Waals surface area (Å²) in [4.78, 5) is 11.4. The second-order valence-corrected chi connectivity index (χ2v) is 9.83. The number of hydrogen-bond acceptors (Lipinski definition) is 4. The molecule has 28 heavy (non-hydrogen) atoms. The van der Waals surface area contributed by atoms with Gasteiger partial charge in [0.2, 0.25) is 0 Å². The molecule has 0 fully saturated rings. The monoisotopic (exact) mass is 400 g/mol. The Balaban J connectivity index is 2.12. The maximum atomic E-state index is 12.6. The van der Waals surface area contributed by atoms with Crippen molar-refractivity contribution in [3.8, 4) is 5.75 Å². The quantitative estimate of drug-likeness (QED) is 0.769. The van der Waals surface area contributed by atoms with Gasteiger partial charge in [0.15, 0.2) is 9.84 Å². The van der Waals surface area contributed by atoms with Gasteiger partial charge < -0.3 is 9.84 Å². The number of ether oxygens (including phenoxy) is 1. The normalized spacial score (nSPS) is 17.6.